The monoisotopic (exact) mass is 437 g/mol. The maximum absolute atomic E-state index is 13.4. The number of anilines is 2. The van der Waals surface area contributed by atoms with E-state index in [1.165, 1.54) is 12.1 Å². The number of non-ortho nitro benzene ring substituents is 1. The van der Waals surface area contributed by atoms with Gasteiger partial charge in [-0.25, -0.2) is 0 Å². The van der Waals surface area contributed by atoms with Crippen LogP contribution in [0.3, 0.4) is 0 Å². The normalized spacial score (nSPS) is 15.7. The molecule has 0 saturated heterocycles. The Balaban J connectivity index is 1.88. The van der Waals surface area contributed by atoms with Gasteiger partial charge in [0.15, 0.2) is 0 Å². The van der Waals surface area contributed by atoms with Crippen LogP contribution in [0.2, 0.25) is 0 Å². The fraction of sp³-hybridized carbons (Fsp3) is 0.0952. The van der Waals surface area contributed by atoms with Crippen molar-refractivity contribution in [1.29, 1.82) is 0 Å². The van der Waals surface area contributed by atoms with Crippen molar-refractivity contribution >= 4 is 38.9 Å². The first-order valence-corrected chi connectivity index (χ1v) is 9.44. The Labute approximate surface area is 170 Å². The predicted molar refractivity (Wildman–Crippen MR) is 112 cm³/mol. The molecule has 1 aliphatic rings. The zero-order valence-corrected chi connectivity index (χ0v) is 16.5. The van der Waals surface area contributed by atoms with Crippen LogP contribution in [0.4, 0.5) is 17.1 Å². The maximum Gasteiger partial charge on any atom is 0.269 e. The van der Waals surface area contributed by atoms with Crippen LogP contribution in [-0.4, -0.2) is 10.8 Å². The van der Waals surface area contributed by atoms with E-state index in [0.717, 1.165) is 10.0 Å². The van der Waals surface area contributed by atoms with Crippen LogP contribution < -0.4 is 10.2 Å². The van der Waals surface area contributed by atoms with Crippen molar-refractivity contribution in [3.8, 4) is 0 Å². The second-order valence-corrected chi connectivity index (χ2v) is 7.41. The number of amides is 1. The van der Waals surface area contributed by atoms with Crippen LogP contribution in [0.25, 0.3) is 0 Å². The first kappa shape index (κ1) is 18.2. The molecule has 0 radical (unpaired) electrons. The van der Waals surface area contributed by atoms with Crippen molar-refractivity contribution in [3.63, 3.8) is 0 Å². The highest BCUT2D eigenvalue weighted by atomic mass is 79.9. The molecule has 1 aliphatic heterocycles. The molecule has 1 amide bonds. The summed E-state index contributed by atoms with van der Waals surface area (Å²) in [5, 5.41) is 14.6. The Bertz CT molecular complexity index is 1100. The molecular formula is C21H16BrN3O3. The summed E-state index contributed by atoms with van der Waals surface area (Å²) in [5.74, 6) is -0.160. The van der Waals surface area contributed by atoms with Crippen molar-refractivity contribution in [2.45, 2.75) is 13.1 Å². The molecular weight excluding hydrogens is 422 g/mol. The van der Waals surface area contributed by atoms with E-state index in [4.69, 9.17) is 0 Å². The van der Waals surface area contributed by atoms with Crippen LogP contribution in [0, 0.1) is 17.0 Å². The van der Waals surface area contributed by atoms with Gasteiger partial charge in [-0.3, -0.25) is 19.8 Å². The van der Waals surface area contributed by atoms with E-state index >= 15 is 0 Å². The molecule has 6 nitrogen and oxygen atoms in total. The molecule has 1 N–H and O–H groups in total. The van der Waals surface area contributed by atoms with Gasteiger partial charge in [-0.05, 0) is 42.8 Å². The van der Waals surface area contributed by atoms with Crippen LogP contribution in [-0.2, 0) is 0 Å². The molecule has 1 atom stereocenters. The highest BCUT2D eigenvalue weighted by Gasteiger charge is 2.34. The van der Waals surface area contributed by atoms with Gasteiger partial charge in [0.25, 0.3) is 11.6 Å². The minimum atomic E-state index is -0.567. The van der Waals surface area contributed by atoms with Crippen molar-refractivity contribution in [1.82, 2.24) is 0 Å². The number of fused-ring (bicyclic) bond motifs is 1. The Morgan fingerprint density at radius 1 is 1.07 bits per heavy atom. The van der Waals surface area contributed by atoms with Crippen molar-refractivity contribution < 1.29 is 9.72 Å². The van der Waals surface area contributed by atoms with E-state index in [1.54, 1.807) is 23.1 Å². The van der Waals surface area contributed by atoms with Crippen LogP contribution in [0.1, 0.15) is 27.7 Å². The molecule has 28 heavy (non-hydrogen) atoms. The largest absolute Gasteiger partial charge is 0.360 e. The topological polar surface area (TPSA) is 75.5 Å². The predicted octanol–water partition coefficient (Wildman–Crippen LogP) is 5.44. The quantitative estimate of drug-likeness (QED) is 0.437. The lowest BCUT2D eigenvalue weighted by molar-refractivity contribution is -0.384. The number of aryl methyl sites for hydroxylation is 1. The van der Waals surface area contributed by atoms with Crippen LogP contribution in [0.15, 0.2) is 71.2 Å². The van der Waals surface area contributed by atoms with Gasteiger partial charge in [-0.2, -0.15) is 0 Å². The number of carbonyl (C=O) groups is 1. The molecule has 0 aliphatic carbocycles. The molecule has 0 aromatic heterocycles. The summed E-state index contributed by atoms with van der Waals surface area (Å²) in [6.07, 6.45) is -0.567. The molecule has 1 heterocycles. The third-order valence-corrected chi connectivity index (χ3v) is 5.63. The van der Waals surface area contributed by atoms with E-state index in [1.807, 2.05) is 43.3 Å². The Hall–Kier alpha value is -3.19. The number of nitro groups is 1. The first-order chi connectivity index (χ1) is 13.5. The Morgan fingerprint density at radius 2 is 1.86 bits per heavy atom. The molecule has 3 aromatic rings. The Kier molecular flexibility index (Phi) is 4.60. The van der Waals surface area contributed by atoms with E-state index in [0.29, 0.717) is 22.5 Å². The van der Waals surface area contributed by atoms with Crippen LogP contribution in [0.5, 0.6) is 0 Å². The number of hydrogen-bond donors (Lipinski definition) is 1. The number of rotatable bonds is 3. The van der Waals surface area contributed by atoms with Gasteiger partial charge in [0.1, 0.15) is 6.17 Å². The van der Waals surface area contributed by atoms with Crippen molar-refractivity contribution in [2.24, 2.45) is 0 Å². The number of para-hydroxylation sites is 1. The average Bonchev–Trinajstić information content (AvgIpc) is 2.70. The molecule has 3 aromatic carbocycles. The van der Waals surface area contributed by atoms with Gasteiger partial charge in [0.05, 0.1) is 10.5 Å². The van der Waals surface area contributed by atoms with Gasteiger partial charge >= 0.3 is 0 Å². The number of nitrogens with one attached hydrogen (secondary N) is 1. The van der Waals surface area contributed by atoms with Gasteiger partial charge in [-0.15, -0.1) is 0 Å². The summed E-state index contributed by atoms with van der Waals surface area (Å²) in [6, 6.07) is 19.3. The lowest BCUT2D eigenvalue weighted by Crippen LogP contribution is -2.43. The van der Waals surface area contributed by atoms with Crippen molar-refractivity contribution in [2.75, 3.05) is 10.2 Å². The van der Waals surface area contributed by atoms with Gasteiger partial charge in [-0.1, -0.05) is 40.2 Å². The maximum atomic E-state index is 13.4. The lowest BCUT2D eigenvalue weighted by Gasteiger charge is -2.38. The second-order valence-electron chi connectivity index (χ2n) is 6.55. The summed E-state index contributed by atoms with van der Waals surface area (Å²) in [4.78, 5) is 25.8. The minimum absolute atomic E-state index is 0.0162. The number of benzene rings is 3. The summed E-state index contributed by atoms with van der Waals surface area (Å²) in [6.45, 7) is 1.95. The smallest absolute Gasteiger partial charge is 0.269 e. The lowest BCUT2D eigenvalue weighted by atomic mass is 10.0. The number of hydrogen-bond acceptors (Lipinski definition) is 4. The fourth-order valence-electron chi connectivity index (χ4n) is 3.34. The van der Waals surface area contributed by atoms with E-state index < -0.39 is 11.1 Å². The number of carbonyl (C=O) groups excluding carboxylic acids is 1. The number of halogens is 1. The molecule has 0 spiro atoms. The summed E-state index contributed by atoms with van der Waals surface area (Å²) < 4.78 is 0.945. The summed E-state index contributed by atoms with van der Waals surface area (Å²) in [7, 11) is 0. The summed E-state index contributed by atoms with van der Waals surface area (Å²) >= 11 is 3.49. The zero-order chi connectivity index (χ0) is 19.8. The minimum Gasteiger partial charge on any atom is -0.360 e. The zero-order valence-electron chi connectivity index (χ0n) is 14.9. The molecule has 7 heteroatoms. The molecule has 0 saturated carbocycles. The third-order valence-electron chi connectivity index (χ3n) is 4.74. The average molecular weight is 438 g/mol. The highest BCUT2D eigenvalue weighted by molar-refractivity contribution is 9.10. The highest BCUT2D eigenvalue weighted by Crippen LogP contribution is 2.38. The second kappa shape index (κ2) is 7.09. The standard InChI is InChI=1S/C21H16BrN3O3/c1-13-11-15(9-10-18(13)22)24-20(14-5-4-6-16(12-14)25(27)28)23-19-8-3-2-7-17(19)21(24)26/h2-12,20,23H,1H3/t20-/m1/s1. The SMILES string of the molecule is Cc1cc(N2C(=O)c3ccccc3N[C@H]2c2cccc([N+](=O)[O-])c2)ccc1Br. The first-order valence-electron chi connectivity index (χ1n) is 8.65. The summed E-state index contributed by atoms with van der Waals surface area (Å²) in [5.41, 5.74) is 3.58. The fourth-order valence-corrected chi connectivity index (χ4v) is 3.59. The molecule has 4 rings (SSSR count). The van der Waals surface area contributed by atoms with E-state index in [2.05, 4.69) is 21.2 Å². The number of nitro benzene ring substituents is 1. The molecule has 0 fully saturated rings. The van der Waals surface area contributed by atoms with Crippen LogP contribution >= 0.6 is 15.9 Å². The molecule has 0 bridgehead atoms. The van der Waals surface area contributed by atoms with E-state index in [-0.39, 0.29) is 11.6 Å². The Morgan fingerprint density at radius 3 is 2.61 bits per heavy atom. The van der Waals surface area contributed by atoms with Gasteiger partial charge in [0, 0.05) is 33.5 Å². The van der Waals surface area contributed by atoms with Crippen molar-refractivity contribution in [3.05, 3.63) is 98.0 Å². The van der Waals surface area contributed by atoms with Gasteiger partial charge in [0.2, 0.25) is 0 Å². The number of nitrogens with zero attached hydrogens (tertiary/aromatic N) is 2. The third kappa shape index (κ3) is 3.14. The van der Waals surface area contributed by atoms with Gasteiger partial charge < -0.3 is 5.32 Å². The molecule has 0 unspecified atom stereocenters. The molecule has 140 valence electrons. The van der Waals surface area contributed by atoms with E-state index in [9.17, 15) is 14.9 Å².